The van der Waals surface area contributed by atoms with E-state index in [1.807, 2.05) is 0 Å². The van der Waals surface area contributed by atoms with Gasteiger partial charge in [-0.25, -0.2) is 4.98 Å². The minimum atomic E-state index is -1.05. The summed E-state index contributed by atoms with van der Waals surface area (Å²) in [6, 6.07) is -0.816. The monoisotopic (exact) mass is 284 g/mol. The van der Waals surface area contributed by atoms with Gasteiger partial charge in [0.15, 0.2) is 23.2 Å². The maximum Gasteiger partial charge on any atom is 0.312 e. The van der Waals surface area contributed by atoms with Crippen molar-refractivity contribution in [1.82, 2.24) is 19.5 Å². The molecule has 0 amide bonds. The Balaban J connectivity index is 2.07. The largest absolute Gasteiger partial charge is 0.394 e. The smallest absolute Gasteiger partial charge is 0.312 e. The van der Waals surface area contributed by atoms with Gasteiger partial charge in [0.05, 0.1) is 19.0 Å². The van der Waals surface area contributed by atoms with Gasteiger partial charge in [-0.15, -0.1) is 0 Å². The number of imidazole rings is 1. The number of hydrogen-bond acceptors (Lipinski definition) is 8. The number of fused-ring (bicyclic) bond motifs is 1. The second kappa shape index (κ2) is 4.59. The first-order valence-electron chi connectivity index (χ1n) is 5.88. The summed E-state index contributed by atoms with van der Waals surface area (Å²) in [5, 5.41) is 18.9. The average molecular weight is 284 g/mol. The number of nitrogen functional groups attached to an aromatic ring is 1. The summed E-state index contributed by atoms with van der Waals surface area (Å²) in [5.74, 6) is -0.0999. The zero-order valence-electron chi connectivity index (χ0n) is 10.2. The van der Waals surface area contributed by atoms with Crippen molar-refractivity contribution < 1.29 is 19.3 Å². The van der Waals surface area contributed by atoms with E-state index in [0.29, 0.717) is 0 Å². The Kier molecular flexibility index (Phi) is 3.01. The highest BCUT2D eigenvalue weighted by Crippen LogP contribution is 2.30. The van der Waals surface area contributed by atoms with Crippen LogP contribution in [0.25, 0.3) is 11.2 Å². The van der Waals surface area contributed by atoms with Crippen molar-refractivity contribution in [3.05, 3.63) is 12.4 Å². The fraction of sp³-hybridized carbons (Fsp3) is 0.500. The molecular weight excluding hydrogens is 271 g/mol. The summed E-state index contributed by atoms with van der Waals surface area (Å²) in [7, 11) is 0. The number of aromatic nitrogens is 4. The van der Waals surface area contributed by atoms with Gasteiger partial charge in [0.1, 0.15) is 12.2 Å². The number of aliphatic hydroxyl groups excluding tert-OH is 2. The Bertz CT molecular complexity index is 649. The van der Waals surface area contributed by atoms with Crippen LogP contribution in [-0.2, 0) is 4.74 Å². The van der Waals surface area contributed by atoms with E-state index in [1.165, 1.54) is 10.9 Å². The molecule has 0 aliphatic carbocycles. The Morgan fingerprint density at radius 3 is 2.85 bits per heavy atom. The van der Waals surface area contributed by atoms with Crippen LogP contribution in [0.15, 0.2) is 6.33 Å². The molecule has 0 radical (unpaired) electrons. The van der Waals surface area contributed by atoms with Crippen molar-refractivity contribution in [2.24, 2.45) is 5.73 Å². The summed E-state index contributed by atoms with van der Waals surface area (Å²) in [6.45, 7) is -0.385. The van der Waals surface area contributed by atoms with Gasteiger partial charge in [-0.2, -0.15) is 14.4 Å². The van der Waals surface area contributed by atoms with Crippen LogP contribution in [0.2, 0.25) is 0 Å². The van der Waals surface area contributed by atoms with Gasteiger partial charge in [-0.3, -0.25) is 4.57 Å². The first-order valence-corrected chi connectivity index (χ1v) is 5.88. The summed E-state index contributed by atoms with van der Waals surface area (Å²) >= 11 is 0. The first kappa shape index (κ1) is 13.1. The molecule has 0 saturated carbocycles. The molecule has 6 N–H and O–H groups in total. The lowest BCUT2D eigenvalue weighted by molar-refractivity contribution is -0.0437. The van der Waals surface area contributed by atoms with Gasteiger partial charge >= 0.3 is 6.08 Å². The summed E-state index contributed by atoms with van der Waals surface area (Å²) in [4.78, 5) is 11.0. The number of aliphatic hydroxyl groups is 2. The lowest BCUT2D eigenvalue weighted by Crippen LogP contribution is -2.39. The molecule has 0 bridgehead atoms. The Hall–Kier alpha value is -1.88. The van der Waals surface area contributed by atoms with Crippen molar-refractivity contribution in [1.29, 1.82) is 0 Å². The minimum absolute atomic E-state index is 0.0999. The number of halogens is 1. The third kappa shape index (κ3) is 1.81. The molecule has 10 heteroatoms. The molecule has 1 aliphatic heterocycles. The highest BCUT2D eigenvalue weighted by Gasteiger charge is 2.42. The van der Waals surface area contributed by atoms with Crippen LogP contribution >= 0.6 is 0 Å². The molecule has 0 aromatic carbocycles. The summed E-state index contributed by atoms with van der Waals surface area (Å²) < 4.78 is 20.1. The molecule has 2 aromatic rings. The highest BCUT2D eigenvalue weighted by molar-refractivity contribution is 5.81. The molecule has 1 saturated heterocycles. The zero-order chi connectivity index (χ0) is 14.4. The molecule has 3 rings (SSSR count). The van der Waals surface area contributed by atoms with Crippen LogP contribution in [0.5, 0.6) is 0 Å². The Labute approximate surface area is 112 Å². The van der Waals surface area contributed by atoms with Crippen LogP contribution in [-0.4, -0.2) is 54.6 Å². The fourth-order valence-corrected chi connectivity index (χ4v) is 2.27. The highest BCUT2D eigenvalue weighted by atomic mass is 19.1. The van der Waals surface area contributed by atoms with E-state index in [2.05, 4.69) is 15.0 Å². The average Bonchev–Trinajstić information content (AvgIpc) is 2.93. The van der Waals surface area contributed by atoms with Gasteiger partial charge in [0.2, 0.25) is 0 Å². The standard InChI is InChI=1S/C10H13FN6O3/c11-10-15-7(13)5-8(16-10)17(2-14-5)9-4(12)6(19)3(1-18)20-9/h2-4,6,9,18-19H,1,12H2,(H2,13,15,16)/t3-,4-,6+,9?/m1/s1. The van der Waals surface area contributed by atoms with Crippen LogP contribution in [0.4, 0.5) is 10.2 Å². The first-order chi connectivity index (χ1) is 9.52. The molecular formula is C10H13FN6O3. The predicted octanol–water partition coefficient (Wildman–Crippen LogP) is -1.87. The minimum Gasteiger partial charge on any atom is -0.394 e. The van der Waals surface area contributed by atoms with Crippen LogP contribution in [0, 0.1) is 6.08 Å². The van der Waals surface area contributed by atoms with Crippen molar-refractivity contribution in [2.45, 2.75) is 24.5 Å². The van der Waals surface area contributed by atoms with Crippen molar-refractivity contribution in [2.75, 3.05) is 12.3 Å². The van der Waals surface area contributed by atoms with E-state index < -0.39 is 30.6 Å². The van der Waals surface area contributed by atoms with Crippen molar-refractivity contribution in [3.63, 3.8) is 0 Å². The molecule has 3 heterocycles. The normalized spacial score (nSPS) is 30.2. The zero-order valence-corrected chi connectivity index (χ0v) is 10.2. The second-order valence-electron chi connectivity index (χ2n) is 4.52. The molecule has 0 spiro atoms. The van der Waals surface area contributed by atoms with Gasteiger partial charge < -0.3 is 26.4 Å². The van der Waals surface area contributed by atoms with Crippen LogP contribution < -0.4 is 11.5 Å². The molecule has 1 unspecified atom stereocenters. The van der Waals surface area contributed by atoms with Crippen molar-refractivity contribution in [3.8, 4) is 0 Å². The summed E-state index contributed by atoms with van der Waals surface area (Å²) in [6.07, 6.45) is -2.38. The van der Waals surface area contributed by atoms with Gasteiger partial charge in [-0.05, 0) is 0 Å². The quantitative estimate of drug-likeness (QED) is 0.469. The van der Waals surface area contributed by atoms with E-state index in [4.69, 9.17) is 21.3 Å². The maximum absolute atomic E-state index is 13.3. The molecule has 108 valence electrons. The number of rotatable bonds is 2. The lowest BCUT2D eigenvalue weighted by atomic mass is 10.1. The second-order valence-corrected chi connectivity index (χ2v) is 4.52. The molecule has 1 aliphatic rings. The fourth-order valence-electron chi connectivity index (χ4n) is 2.27. The van der Waals surface area contributed by atoms with Crippen LogP contribution in [0.3, 0.4) is 0 Å². The topological polar surface area (TPSA) is 145 Å². The van der Waals surface area contributed by atoms with Gasteiger partial charge in [0, 0.05) is 0 Å². The van der Waals surface area contributed by atoms with E-state index >= 15 is 0 Å². The van der Waals surface area contributed by atoms with E-state index in [1.54, 1.807) is 0 Å². The van der Waals surface area contributed by atoms with E-state index in [9.17, 15) is 9.50 Å². The van der Waals surface area contributed by atoms with Crippen molar-refractivity contribution >= 4 is 17.0 Å². The number of hydrogen-bond donors (Lipinski definition) is 4. The molecule has 9 nitrogen and oxygen atoms in total. The lowest BCUT2D eigenvalue weighted by Gasteiger charge is -2.17. The third-order valence-electron chi connectivity index (χ3n) is 3.29. The van der Waals surface area contributed by atoms with Gasteiger partial charge in [-0.1, -0.05) is 0 Å². The SMILES string of the molecule is Nc1nc(F)nc2c1ncn2C1O[C@H](CO)[C@H](O)[C@H]1N. The molecule has 20 heavy (non-hydrogen) atoms. The Morgan fingerprint density at radius 2 is 2.20 bits per heavy atom. The number of anilines is 1. The van der Waals surface area contributed by atoms with E-state index in [-0.39, 0.29) is 23.6 Å². The number of nitrogens with two attached hydrogens (primary N) is 2. The molecule has 1 fully saturated rings. The Morgan fingerprint density at radius 1 is 1.45 bits per heavy atom. The number of nitrogens with zero attached hydrogens (tertiary/aromatic N) is 4. The molecule has 4 atom stereocenters. The third-order valence-corrected chi connectivity index (χ3v) is 3.29. The van der Waals surface area contributed by atoms with Crippen LogP contribution in [0.1, 0.15) is 6.23 Å². The predicted molar refractivity (Wildman–Crippen MR) is 64.7 cm³/mol. The maximum atomic E-state index is 13.3. The summed E-state index contributed by atoms with van der Waals surface area (Å²) in [5.41, 5.74) is 11.7. The number of ether oxygens (including phenoxy) is 1. The van der Waals surface area contributed by atoms with E-state index in [0.717, 1.165) is 0 Å². The molecule has 2 aromatic heterocycles. The van der Waals surface area contributed by atoms with Gasteiger partial charge in [0.25, 0.3) is 0 Å².